The molecule has 0 radical (unpaired) electrons. The van der Waals surface area contributed by atoms with Crippen molar-refractivity contribution in [2.75, 3.05) is 18.5 Å². The van der Waals surface area contributed by atoms with Gasteiger partial charge in [-0.05, 0) is 38.0 Å². The fourth-order valence-electron chi connectivity index (χ4n) is 3.26. The van der Waals surface area contributed by atoms with Crippen molar-refractivity contribution in [3.8, 4) is 5.75 Å². The fraction of sp³-hybridized carbons (Fsp3) is 0.421. The predicted octanol–water partition coefficient (Wildman–Crippen LogP) is 2.30. The lowest BCUT2D eigenvalue weighted by atomic mass is 10.2. The van der Waals surface area contributed by atoms with Crippen molar-refractivity contribution in [3.63, 3.8) is 0 Å². The van der Waals surface area contributed by atoms with Crippen molar-refractivity contribution >= 4 is 17.5 Å². The normalized spacial score (nSPS) is 16.5. The maximum Gasteiger partial charge on any atom is 0.233 e. The van der Waals surface area contributed by atoms with Gasteiger partial charge in [-0.3, -0.25) is 14.3 Å². The number of benzene rings is 1. The van der Waals surface area contributed by atoms with Gasteiger partial charge in [0, 0.05) is 18.9 Å². The quantitative estimate of drug-likeness (QED) is 0.773. The molecule has 1 aliphatic rings. The standard InChI is InChI=1S/C19H24N4O3/c1-2-26-17-9-4-3-8-16(17)21-18(24)13-19(25)23-12-5-7-15(23)14-22-11-6-10-20-22/h3-4,6,8-11,15H,2,5,7,12-14H2,1H3,(H,21,24). The van der Waals surface area contributed by atoms with E-state index >= 15 is 0 Å². The van der Waals surface area contributed by atoms with Crippen molar-refractivity contribution in [2.24, 2.45) is 0 Å². The van der Waals surface area contributed by atoms with Crippen molar-refractivity contribution < 1.29 is 14.3 Å². The number of nitrogens with zero attached hydrogens (tertiary/aromatic N) is 3. The molecule has 7 heteroatoms. The highest BCUT2D eigenvalue weighted by molar-refractivity contribution is 6.04. The summed E-state index contributed by atoms with van der Waals surface area (Å²) in [5, 5.41) is 6.98. The van der Waals surface area contributed by atoms with E-state index in [9.17, 15) is 9.59 Å². The third kappa shape index (κ3) is 4.41. The Hall–Kier alpha value is -2.83. The maximum absolute atomic E-state index is 12.6. The Morgan fingerprint density at radius 1 is 1.31 bits per heavy atom. The van der Waals surface area contributed by atoms with E-state index in [1.165, 1.54) is 0 Å². The molecule has 0 spiro atoms. The van der Waals surface area contributed by atoms with Gasteiger partial charge in [-0.25, -0.2) is 0 Å². The molecule has 1 aromatic heterocycles. The number of amides is 2. The average molecular weight is 356 g/mol. The minimum absolute atomic E-state index is 0.0888. The lowest BCUT2D eigenvalue weighted by molar-refractivity contribution is -0.135. The molecule has 1 aliphatic heterocycles. The number of hydrogen-bond acceptors (Lipinski definition) is 4. The van der Waals surface area contributed by atoms with Crippen molar-refractivity contribution in [2.45, 2.75) is 38.8 Å². The molecule has 138 valence electrons. The second-order valence-electron chi connectivity index (χ2n) is 6.27. The van der Waals surface area contributed by atoms with Gasteiger partial charge in [0.05, 0.1) is 24.9 Å². The monoisotopic (exact) mass is 356 g/mol. The Morgan fingerprint density at radius 2 is 2.15 bits per heavy atom. The zero-order chi connectivity index (χ0) is 18.4. The summed E-state index contributed by atoms with van der Waals surface area (Å²) in [6.07, 6.45) is 5.33. The van der Waals surface area contributed by atoms with Crippen molar-refractivity contribution in [1.82, 2.24) is 14.7 Å². The average Bonchev–Trinajstić information content (AvgIpc) is 3.29. The molecule has 1 N–H and O–H groups in total. The van der Waals surface area contributed by atoms with E-state index < -0.39 is 0 Å². The van der Waals surface area contributed by atoms with Crippen molar-refractivity contribution in [3.05, 3.63) is 42.7 Å². The van der Waals surface area contributed by atoms with Crippen LogP contribution < -0.4 is 10.1 Å². The number of para-hydroxylation sites is 2. The lowest BCUT2D eigenvalue weighted by Gasteiger charge is -2.24. The van der Waals surface area contributed by atoms with Crippen LogP contribution in [0.1, 0.15) is 26.2 Å². The van der Waals surface area contributed by atoms with Gasteiger partial charge in [0.1, 0.15) is 12.2 Å². The van der Waals surface area contributed by atoms with Gasteiger partial charge in [-0.15, -0.1) is 0 Å². The van der Waals surface area contributed by atoms with Crippen LogP contribution in [0.3, 0.4) is 0 Å². The molecule has 1 atom stereocenters. The first-order valence-corrected chi connectivity index (χ1v) is 8.96. The van der Waals surface area contributed by atoms with Gasteiger partial charge in [0.2, 0.25) is 11.8 Å². The molecule has 1 unspecified atom stereocenters. The molecular formula is C19H24N4O3. The lowest BCUT2D eigenvalue weighted by Crippen LogP contribution is -2.39. The number of carbonyl (C=O) groups is 2. The van der Waals surface area contributed by atoms with E-state index in [1.807, 2.05) is 36.0 Å². The SMILES string of the molecule is CCOc1ccccc1NC(=O)CC(=O)N1CCCC1Cn1cccn1. The summed E-state index contributed by atoms with van der Waals surface area (Å²) in [6.45, 7) is 3.74. The summed E-state index contributed by atoms with van der Waals surface area (Å²) < 4.78 is 7.33. The number of hydrogen-bond donors (Lipinski definition) is 1. The van der Waals surface area contributed by atoms with E-state index in [0.29, 0.717) is 31.1 Å². The van der Waals surface area contributed by atoms with Crippen LogP contribution in [-0.4, -0.2) is 45.7 Å². The predicted molar refractivity (Wildman–Crippen MR) is 97.8 cm³/mol. The molecule has 7 nitrogen and oxygen atoms in total. The molecule has 2 amide bonds. The van der Waals surface area contributed by atoms with Crippen LogP contribution in [0.5, 0.6) is 5.75 Å². The number of ether oxygens (including phenoxy) is 1. The van der Waals surface area contributed by atoms with Crippen LogP contribution in [0.15, 0.2) is 42.7 Å². The van der Waals surface area contributed by atoms with E-state index in [2.05, 4.69) is 10.4 Å². The molecule has 2 heterocycles. The maximum atomic E-state index is 12.6. The van der Waals surface area contributed by atoms with Crippen LogP contribution in [-0.2, 0) is 16.1 Å². The van der Waals surface area contributed by atoms with Crippen LogP contribution in [0, 0.1) is 0 Å². The number of anilines is 1. The van der Waals surface area contributed by atoms with Crippen LogP contribution >= 0.6 is 0 Å². The topological polar surface area (TPSA) is 76.5 Å². The van der Waals surface area contributed by atoms with Crippen LogP contribution in [0.4, 0.5) is 5.69 Å². The van der Waals surface area contributed by atoms with Gasteiger partial charge >= 0.3 is 0 Å². The smallest absolute Gasteiger partial charge is 0.233 e. The van der Waals surface area contributed by atoms with E-state index in [0.717, 1.165) is 12.8 Å². The molecular weight excluding hydrogens is 332 g/mol. The Bertz CT molecular complexity index is 745. The molecule has 0 saturated carbocycles. The van der Waals surface area contributed by atoms with Gasteiger partial charge in [-0.2, -0.15) is 5.10 Å². The molecule has 26 heavy (non-hydrogen) atoms. The number of nitrogens with one attached hydrogen (secondary N) is 1. The van der Waals surface area contributed by atoms with Gasteiger partial charge < -0.3 is 15.0 Å². The van der Waals surface area contributed by atoms with E-state index in [-0.39, 0.29) is 24.3 Å². The number of carbonyl (C=O) groups excluding carboxylic acids is 2. The highest BCUT2D eigenvalue weighted by Gasteiger charge is 2.30. The molecule has 3 rings (SSSR count). The Labute approximate surface area is 152 Å². The highest BCUT2D eigenvalue weighted by atomic mass is 16.5. The number of likely N-dealkylation sites (tertiary alicyclic amines) is 1. The second kappa shape index (κ2) is 8.51. The number of aromatic nitrogens is 2. The Kier molecular flexibility index (Phi) is 5.88. The van der Waals surface area contributed by atoms with E-state index in [4.69, 9.17) is 4.74 Å². The van der Waals surface area contributed by atoms with Gasteiger partial charge in [0.15, 0.2) is 0 Å². The van der Waals surface area contributed by atoms with Gasteiger partial charge in [0.25, 0.3) is 0 Å². The first kappa shape index (κ1) is 18.0. The largest absolute Gasteiger partial charge is 0.492 e. The molecule has 1 aromatic carbocycles. The third-order valence-corrected chi connectivity index (χ3v) is 4.43. The zero-order valence-corrected chi connectivity index (χ0v) is 14.9. The zero-order valence-electron chi connectivity index (χ0n) is 14.9. The molecule has 0 bridgehead atoms. The first-order valence-electron chi connectivity index (χ1n) is 8.96. The summed E-state index contributed by atoms with van der Waals surface area (Å²) in [4.78, 5) is 26.7. The minimum atomic E-state index is -0.327. The third-order valence-electron chi connectivity index (χ3n) is 4.43. The fourth-order valence-corrected chi connectivity index (χ4v) is 3.26. The first-order chi connectivity index (χ1) is 12.7. The molecule has 1 saturated heterocycles. The highest BCUT2D eigenvalue weighted by Crippen LogP contribution is 2.24. The summed E-state index contributed by atoms with van der Waals surface area (Å²) in [6, 6.07) is 9.18. The Morgan fingerprint density at radius 3 is 2.92 bits per heavy atom. The summed E-state index contributed by atoms with van der Waals surface area (Å²) in [5.74, 6) is 0.131. The van der Waals surface area contributed by atoms with Gasteiger partial charge in [-0.1, -0.05) is 12.1 Å². The number of rotatable bonds is 7. The Balaban J connectivity index is 1.57. The second-order valence-corrected chi connectivity index (χ2v) is 6.27. The summed E-state index contributed by atoms with van der Waals surface area (Å²) in [7, 11) is 0. The molecule has 0 aliphatic carbocycles. The van der Waals surface area contributed by atoms with Crippen LogP contribution in [0.25, 0.3) is 0 Å². The van der Waals surface area contributed by atoms with Crippen molar-refractivity contribution in [1.29, 1.82) is 0 Å². The molecule has 1 fully saturated rings. The van der Waals surface area contributed by atoms with Crippen LogP contribution in [0.2, 0.25) is 0 Å². The summed E-state index contributed by atoms with van der Waals surface area (Å²) >= 11 is 0. The van der Waals surface area contributed by atoms with E-state index in [1.54, 1.807) is 23.2 Å². The summed E-state index contributed by atoms with van der Waals surface area (Å²) in [5.41, 5.74) is 0.585. The molecule has 2 aromatic rings. The minimum Gasteiger partial charge on any atom is -0.492 e.